The number of fused-ring (bicyclic) bond motifs is 1. The third kappa shape index (κ3) is 6.73. The van der Waals surface area contributed by atoms with Crippen LogP contribution in [0.15, 0.2) is 29.3 Å². The molecule has 1 aliphatic heterocycles. The number of rotatable bonds is 9. The fourth-order valence-electron chi connectivity index (χ4n) is 3.05. The van der Waals surface area contributed by atoms with E-state index in [0.717, 1.165) is 38.6 Å². The Morgan fingerprint density at radius 1 is 1.12 bits per heavy atom. The third-order valence-electron chi connectivity index (χ3n) is 4.44. The highest BCUT2D eigenvalue weighted by Crippen LogP contribution is 2.18. The van der Waals surface area contributed by atoms with Crippen molar-refractivity contribution >= 4 is 17.7 Å². The van der Waals surface area contributed by atoms with Gasteiger partial charge in [-0.15, -0.1) is 0 Å². The van der Waals surface area contributed by atoms with Crippen LogP contribution in [-0.4, -0.2) is 56.1 Å². The molecule has 5 heteroatoms. The Bertz CT molecular complexity index is 504. The minimum atomic E-state index is 0.933. The maximum Gasteiger partial charge on any atom is 0.190 e. The summed E-state index contributed by atoms with van der Waals surface area (Å²) >= 11 is 1.91. The van der Waals surface area contributed by atoms with Crippen molar-refractivity contribution in [3.05, 3.63) is 35.4 Å². The summed E-state index contributed by atoms with van der Waals surface area (Å²) in [6.45, 7) is 5.40. The summed E-state index contributed by atoms with van der Waals surface area (Å²) in [6.07, 6.45) is 6.96. The van der Waals surface area contributed by atoms with E-state index in [4.69, 9.17) is 0 Å². The molecule has 0 aromatic heterocycles. The molecule has 0 radical (unpaired) electrons. The Labute approximate surface area is 151 Å². The van der Waals surface area contributed by atoms with Gasteiger partial charge in [0.2, 0.25) is 0 Å². The molecule has 24 heavy (non-hydrogen) atoms. The van der Waals surface area contributed by atoms with Gasteiger partial charge in [-0.2, -0.15) is 11.8 Å². The molecule has 1 aliphatic rings. The van der Waals surface area contributed by atoms with E-state index in [1.807, 2.05) is 18.8 Å². The van der Waals surface area contributed by atoms with E-state index < -0.39 is 0 Å². The van der Waals surface area contributed by atoms with E-state index >= 15 is 0 Å². The molecule has 0 atom stereocenters. The lowest BCUT2D eigenvalue weighted by Gasteiger charge is -2.28. The van der Waals surface area contributed by atoms with Crippen LogP contribution in [0.5, 0.6) is 0 Å². The molecule has 2 N–H and O–H groups in total. The summed E-state index contributed by atoms with van der Waals surface area (Å²) in [4.78, 5) is 6.85. The van der Waals surface area contributed by atoms with Crippen molar-refractivity contribution in [3.8, 4) is 0 Å². The second kappa shape index (κ2) is 11.4. The van der Waals surface area contributed by atoms with Crippen LogP contribution >= 0.6 is 11.8 Å². The van der Waals surface area contributed by atoms with Gasteiger partial charge < -0.3 is 10.6 Å². The van der Waals surface area contributed by atoms with Crippen LogP contribution in [0.4, 0.5) is 0 Å². The van der Waals surface area contributed by atoms with E-state index in [-0.39, 0.29) is 0 Å². The second-order valence-electron chi connectivity index (χ2n) is 6.27. The van der Waals surface area contributed by atoms with E-state index in [0.29, 0.717) is 0 Å². The lowest BCUT2D eigenvalue weighted by molar-refractivity contribution is 0.251. The molecular weight excluding hydrogens is 316 g/mol. The molecule has 0 unspecified atom stereocenters. The van der Waals surface area contributed by atoms with Crippen LogP contribution < -0.4 is 10.6 Å². The first kappa shape index (κ1) is 19.1. The lowest BCUT2D eigenvalue weighted by Crippen LogP contribution is -2.39. The van der Waals surface area contributed by atoms with Gasteiger partial charge in [0.05, 0.1) is 0 Å². The van der Waals surface area contributed by atoms with Crippen molar-refractivity contribution in [2.45, 2.75) is 32.2 Å². The number of nitrogens with one attached hydrogen (secondary N) is 2. The van der Waals surface area contributed by atoms with Crippen LogP contribution in [0.1, 0.15) is 30.4 Å². The fraction of sp³-hybridized carbons (Fsp3) is 0.632. The van der Waals surface area contributed by atoms with Gasteiger partial charge in [-0.3, -0.25) is 9.89 Å². The maximum atomic E-state index is 4.30. The number of thioether (sulfide) groups is 1. The van der Waals surface area contributed by atoms with Gasteiger partial charge in [0.25, 0.3) is 0 Å². The Morgan fingerprint density at radius 2 is 1.88 bits per heavy atom. The second-order valence-corrected chi connectivity index (χ2v) is 7.26. The number of unbranched alkanes of at least 4 members (excludes halogenated alkanes) is 1. The normalized spacial score (nSPS) is 15.2. The van der Waals surface area contributed by atoms with Crippen LogP contribution in [0, 0.1) is 0 Å². The van der Waals surface area contributed by atoms with Crippen molar-refractivity contribution in [1.29, 1.82) is 0 Å². The lowest BCUT2D eigenvalue weighted by atomic mass is 10.00. The van der Waals surface area contributed by atoms with E-state index in [2.05, 4.69) is 51.0 Å². The van der Waals surface area contributed by atoms with Gasteiger partial charge in [0.15, 0.2) is 5.96 Å². The Morgan fingerprint density at radius 3 is 2.62 bits per heavy atom. The topological polar surface area (TPSA) is 39.7 Å². The number of aliphatic imine (C=N–C) groups is 1. The SMILES string of the molecule is CN=C(NCCCCSC)NCCCN1CCc2ccccc2C1. The number of guanidine groups is 1. The van der Waals surface area contributed by atoms with Gasteiger partial charge in [0, 0.05) is 39.8 Å². The molecule has 0 amide bonds. The highest BCUT2D eigenvalue weighted by molar-refractivity contribution is 7.98. The fourth-order valence-corrected chi connectivity index (χ4v) is 3.55. The minimum absolute atomic E-state index is 0.933. The van der Waals surface area contributed by atoms with Gasteiger partial charge in [-0.1, -0.05) is 24.3 Å². The first-order valence-corrected chi connectivity index (χ1v) is 10.5. The number of benzene rings is 1. The molecule has 0 spiro atoms. The molecule has 1 aromatic carbocycles. The summed E-state index contributed by atoms with van der Waals surface area (Å²) < 4.78 is 0. The van der Waals surface area contributed by atoms with Gasteiger partial charge in [-0.25, -0.2) is 0 Å². The van der Waals surface area contributed by atoms with Crippen molar-refractivity contribution in [3.63, 3.8) is 0 Å². The van der Waals surface area contributed by atoms with Crippen LogP contribution in [0.3, 0.4) is 0 Å². The Kier molecular flexibility index (Phi) is 9.06. The molecule has 2 rings (SSSR count). The Balaban J connectivity index is 1.57. The number of hydrogen-bond acceptors (Lipinski definition) is 3. The number of hydrogen-bond donors (Lipinski definition) is 2. The molecular formula is C19H32N4S. The molecule has 1 heterocycles. The highest BCUT2D eigenvalue weighted by Gasteiger charge is 2.14. The quantitative estimate of drug-likeness (QED) is 0.409. The average Bonchev–Trinajstić information content (AvgIpc) is 2.63. The monoisotopic (exact) mass is 348 g/mol. The largest absolute Gasteiger partial charge is 0.356 e. The molecule has 4 nitrogen and oxygen atoms in total. The predicted octanol–water partition coefficient (Wildman–Crippen LogP) is 2.74. The summed E-state index contributed by atoms with van der Waals surface area (Å²) in [7, 11) is 1.85. The molecule has 0 bridgehead atoms. The van der Waals surface area contributed by atoms with Gasteiger partial charge in [-0.05, 0) is 48.8 Å². The van der Waals surface area contributed by atoms with Crippen molar-refractivity contribution in [2.24, 2.45) is 4.99 Å². The van der Waals surface area contributed by atoms with Crippen molar-refractivity contribution in [2.75, 3.05) is 45.2 Å². The molecule has 0 saturated heterocycles. The summed E-state index contributed by atoms with van der Waals surface area (Å²) in [5.74, 6) is 2.18. The van der Waals surface area contributed by atoms with Gasteiger partial charge >= 0.3 is 0 Å². The maximum absolute atomic E-state index is 4.30. The summed E-state index contributed by atoms with van der Waals surface area (Å²) in [6, 6.07) is 8.84. The van der Waals surface area contributed by atoms with Crippen molar-refractivity contribution < 1.29 is 0 Å². The standard InChI is InChI=1S/C19H32N4S/c1-20-19(21-11-5-6-15-24-2)22-12-7-13-23-14-10-17-8-3-4-9-18(17)16-23/h3-4,8-9H,5-7,10-16H2,1-2H3,(H2,20,21,22). The van der Waals surface area contributed by atoms with Crippen LogP contribution in [0.25, 0.3) is 0 Å². The zero-order chi connectivity index (χ0) is 17.0. The van der Waals surface area contributed by atoms with E-state index in [9.17, 15) is 0 Å². The van der Waals surface area contributed by atoms with Crippen LogP contribution in [0.2, 0.25) is 0 Å². The Hall–Kier alpha value is -1.20. The first-order chi connectivity index (χ1) is 11.8. The average molecular weight is 349 g/mol. The first-order valence-electron chi connectivity index (χ1n) is 9.06. The zero-order valence-corrected chi connectivity index (χ0v) is 16.0. The zero-order valence-electron chi connectivity index (χ0n) is 15.2. The number of nitrogens with zero attached hydrogens (tertiary/aromatic N) is 2. The highest BCUT2D eigenvalue weighted by atomic mass is 32.2. The molecule has 0 aliphatic carbocycles. The van der Waals surface area contributed by atoms with Crippen LogP contribution in [-0.2, 0) is 13.0 Å². The van der Waals surface area contributed by atoms with E-state index in [1.54, 1.807) is 0 Å². The molecule has 1 aromatic rings. The van der Waals surface area contributed by atoms with Crippen molar-refractivity contribution in [1.82, 2.24) is 15.5 Å². The minimum Gasteiger partial charge on any atom is -0.356 e. The summed E-state index contributed by atoms with van der Waals surface area (Å²) in [5, 5.41) is 6.82. The molecule has 134 valence electrons. The molecule has 0 saturated carbocycles. The third-order valence-corrected chi connectivity index (χ3v) is 5.14. The van der Waals surface area contributed by atoms with Gasteiger partial charge in [0.1, 0.15) is 0 Å². The predicted molar refractivity (Wildman–Crippen MR) is 107 cm³/mol. The summed E-state index contributed by atoms with van der Waals surface area (Å²) in [5.41, 5.74) is 3.03. The van der Waals surface area contributed by atoms with E-state index in [1.165, 1.54) is 42.7 Å². The molecule has 0 fully saturated rings. The smallest absolute Gasteiger partial charge is 0.190 e.